The van der Waals surface area contributed by atoms with Gasteiger partial charge in [0.05, 0.1) is 25.0 Å². The number of rotatable bonds is 6. The van der Waals surface area contributed by atoms with Crippen molar-refractivity contribution in [3.8, 4) is 11.4 Å². The molecule has 0 fully saturated rings. The number of aliphatic imine (C=N–C) groups is 1. The molecule has 0 saturated carbocycles. The van der Waals surface area contributed by atoms with Crippen molar-refractivity contribution in [2.24, 2.45) is 4.99 Å². The molecule has 6 nitrogen and oxygen atoms in total. The van der Waals surface area contributed by atoms with Crippen LogP contribution in [-0.4, -0.2) is 29.9 Å². The van der Waals surface area contributed by atoms with E-state index in [-0.39, 0.29) is 5.82 Å². The predicted molar refractivity (Wildman–Crippen MR) is 104 cm³/mol. The zero-order chi connectivity index (χ0) is 19.1. The molecule has 0 aliphatic carbocycles. The monoisotopic (exact) mass is 367 g/mol. The van der Waals surface area contributed by atoms with Gasteiger partial charge in [0, 0.05) is 19.8 Å². The lowest BCUT2D eigenvalue weighted by molar-refractivity contribution is 0.414. The van der Waals surface area contributed by atoms with Crippen LogP contribution in [0.2, 0.25) is 0 Å². The van der Waals surface area contributed by atoms with Crippen LogP contribution in [0, 0.1) is 5.82 Å². The van der Waals surface area contributed by atoms with Crippen LogP contribution in [0.4, 0.5) is 4.39 Å². The van der Waals surface area contributed by atoms with Crippen molar-refractivity contribution in [3.05, 3.63) is 77.9 Å². The molecule has 0 unspecified atom stereocenters. The smallest absolute Gasteiger partial charge is 0.191 e. The van der Waals surface area contributed by atoms with Gasteiger partial charge in [-0.25, -0.2) is 9.07 Å². The third-order valence-electron chi connectivity index (χ3n) is 3.99. The highest BCUT2D eigenvalue weighted by atomic mass is 19.1. The van der Waals surface area contributed by atoms with Gasteiger partial charge in [-0.1, -0.05) is 12.1 Å². The van der Waals surface area contributed by atoms with E-state index in [0.717, 1.165) is 22.7 Å². The van der Waals surface area contributed by atoms with Crippen LogP contribution in [0.15, 0.2) is 65.8 Å². The van der Waals surface area contributed by atoms with Crippen molar-refractivity contribution in [2.45, 2.75) is 13.1 Å². The number of methoxy groups -OCH3 is 1. The van der Waals surface area contributed by atoms with Crippen LogP contribution >= 0.6 is 0 Å². The third-order valence-corrected chi connectivity index (χ3v) is 3.99. The van der Waals surface area contributed by atoms with E-state index in [2.05, 4.69) is 20.7 Å². The van der Waals surface area contributed by atoms with E-state index in [4.69, 9.17) is 4.74 Å². The first-order valence-corrected chi connectivity index (χ1v) is 8.56. The molecule has 0 atom stereocenters. The predicted octanol–water partition coefficient (Wildman–Crippen LogP) is 2.89. The molecule has 1 heterocycles. The highest BCUT2D eigenvalue weighted by molar-refractivity contribution is 5.79. The molecule has 0 spiro atoms. The SMILES string of the molecule is CN=C(NCc1cccc(F)c1)NCc1ccn(-c2ccc(OC)cc2)n1. The summed E-state index contributed by atoms with van der Waals surface area (Å²) in [5, 5.41) is 10.9. The molecular weight excluding hydrogens is 345 g/mol. The molecule has 1 aromatic heterocycles. The lowest BCUT2D eigenvalue weighted by Crippen LogP contribution is -2.36. The van der Waals surface area contributed by atoms with Crippen LogP contribution in [0.5, 0.6) is 5.75 Å². The van der Waals surface area contributed by atoms with E-state index in [1.807, 2.05) is 42.6 Å². The third kappa shape index (κ3) is 5.07. The normalized spacial score (nSPS) is 11.3. The highest BCUT2D eigenvalue weighted by Crippen LogP contribution is 2.14. The van der Waals surface area contributed by atoms with Gasteiger partial charge in [-0.2, -0.15) is 5.10 Å². The standard InChI is InChI=1S/C20H22FN5O/c1-22-20(23-13-15-4-3-5-16(21)12-15)24-14-17-10-11-26(25-17)18-6-8-19(27-2)9-7-18/h3-12H,13-14H2,1-2H3,(H2,22,23,24). The summed E-state index contributed by atoms with van der Waals surface area (Å²) in [6.45, 7) is 1.00. The van der Waals surface area contributed by atoms with Crippen molar-refractivity contribution in [2.75, 3.05) is 14.2 Å². The Balaban J connectivity index is 1.54. The summed E-state index contributed by atoms with van der Waals surface area (Å²) in [6.07, 6.45) is 1.90. The molecule has 0 aliphatic heterocycles. The minimum Gasteiger partial charge on any atom is -0.497 e. The lowest BCUT2D eigenvalue weighted by Gasteiger charge is -2.11. The molecule has 2 aromatic carbocycles. The molecule has 0 bridgehead atoms. The molecule has 140 valence electrons. The van der Waals surface area contributed by atoms with Crippen LogP contribution < -0.4 is 15.4 Å². The van der Waals surface area contributed by atoms with E-state index in [1.165, 1.54) is 12.1 Å². The van der Waals surface area contributed by atoms with Gasteiger partial charge >= 0.3 is 0 Å². The topological polar surface area (TPSA) is 63.5 Å². The van der Waals surface area contributed by atoms with Gasteiger partial charge in [0.2, 0.25) is 0 Å². The average molecular weight is 367 g/mol. The Bertz CT molecular complexity index is 905. The van der Waals surface area contributed by atoms with Gasteiger partial charge in [0.1, 0.15) is 11.6 Å². The largest absolute Gasteiger partial charge is 0.497 e. The first-order chi connectivity index (χ1) is 13.2. The fourth-order valence-corrected chi connectivity index (χ4v) is 2.56. The van der Waals surface area contributed by atoms with E-state index < -0.39 is 0 Å². The highest BCUT2D eigenvalue weighted by Gasteiger charge is 2.04. The summed E-state index contributed by atoms with van der Waals surface area (Å²) in [5.74, 6) is 1.18. The number of aromatic nitrogens is 2. The molecule has 3 rings (SSSR count). The molecule has 3 aromatic rings. The van der Waals surface area contributed by atoms with Crippen LogP contribution in [0.1, 0.15) is 11.3 Å². The zero-order valence-electron chi connectivity index (χ0n) is 15.3. The Labute approximate surface area is 157 Å². The van der Waals surface area contributed by atoms with E-state index in [9.17, 15) is 4.39 Å². The minimum atomic E-state index is -0.249. The number of benzene rings is 2. The molecule has 0 radical (unpaired) electrons. The number of halogens is 1. The Morgan fingerprint density at radius 3 is 2.59 bits per heavy atom. The second kappa shape index (κ2) is 8.84. The van der Waals surface area contributed by atoms with Gasteiger partial charge in [0.15, 0.2) is 5.96 Å². The maximum Gasteiger partial charge on any atom is 0.191 e. The fraction of sp³-hybridized carbons (Fsp3) is 0.200. The number of hydrogen-bond acceptors (Lipinski definition) is 3. The summed E-state index contributed by atoms with van der Waals surface area (Å²) < 4.78 is 20.2. The Kier molecular flexibility index (Phi) is 6.04. The van der Waals surface area contributed by atoms with E-state index in [0.29, 0.717) is 19.0 Å². The fourth-order valence-electron chi connectivity index (χ4n) is 2.56. The lowest BCUT2D eigenvalue weighted by atomic mass is 10.2. The molecule has 0 aliphatic rings. The second-order valence-electron chi connectivity index (χ2n) is 5.86. The molecule has 2 N–H and O–H groups in total. The molecule has 0 amide bonds. The number of guanidine groups is 1. The van der Waals surface area contributed by atoms with Gasteiger partial charge in [-0.15, -0.1) is 0 Å². The van der Waals surface area contributed by atoms with Crippen molar-refractivity contribution in [3.63, 3.8) is 0 Å². The van der Waals surface area contributed by atoms with E-state index in [1.54, 1.807) is 24.9 Å². The summed E-state index contributed by atoms with van der Waals surface area (Å²) in [5.41, 5.74) is 2.68. The van der Waals surface area contributed by atoms with Crippen molar-refractivity contribution < 1.29 is 9.13 Å². The minimum absolute atomic E-state index is 0.249. The Morgan fingerprint density at radius 1 is 1.11 bits per heavy atom. The summed E-state index contributed by atoms with van der Waals surface area (Å²) in [7, 11) is 3.33. The van der Waals surface area contributed by atoms with Crippen LogP contribution in [-0.2, 0) is 13.1 Å². The first kappa shape index (κ1) is 18.4. The Hall–Kier alpha value is -3.35. The maximum atomic E-state index is 13.2. The van der Waals surface area contributed by atoms with Gasteiger partial charge in [-0.05, 0) is 48.0 Å². The number of nitrogens with one attached hydrogen (secondary N) is 2. The number of hydrogen-bond donors (Lipinski definition) is 2. The quantitative estimate of drug-likeness (QED) is 0.519. The van der Waals surface area contributed by atoms with Gasteiger partial charge in [-0.3, -0.25) is 4.99 Å². The molecular formula is C20H22FN5O. The zero-order valence-corrected chi connectivity index (χ0v) is 15.3. The summed E-state index contributed by atoms with van der Waals surface area (Å²) >= 11 is 0. The first-order valence-electron chi connectivity index (χ1n) is 8.56. The van der Waals surface area contributed by atoms with E-state index >= 15 is 0 Å². The van der Waals surface area contributed by atoms with Gasteiger partial charge < -0.3 is 15.4 Å². The van der Waals surface area contributed by atoms with Crippen LogP contribution in [0.3, 0.4) is 0 Å². The Morgan fingerprint density at radius 2 is 1.89 bits per heavy atom. The van der Waals surface area contributed by atoms with Crippen LogP contribution in [0.25, 0.3) is 5.69 Å². The average Bonchev–Trinajstić information content (AvgIpc) is 3.17. The van der Waals surface area contributed by atoms with Crippen molar-refractivity contribution in [1.82, 2.24) is 20.4 Å². The second-order valence-corrected chi connectivity index (χ2v) is 5.86. The number of ether oxygens (including phenoxy) is 1. The summed E-state index contributed by atoms with van der Waals surface area (Å²) in [6, 6.07) is 16.1. The molecule has 7 heteroatoms. The van der Waals surface area contributed by atoms with Crippen molar-refractivity contribution in [1.29, 1.82) is 0 Å². The molecule has 27 heavy (non-hydrogen) atoms. The maximum absolute atomic E-state index is 13.2. The van der Waals surface area contributed by atoms with Crippen molar-refractivity contribution >= 4 is 5.96 Å². The number of nitrogens with zero attached hydrogens (tertiary/aromatic N) is 3. The van der Waals surface area contributed by atoms with Gasteiger partial charge in [0.25, 0.3) is 0 Å². The molecule has 0 saturated heterocycles. The summed E-state index contributed by atoms with van der Waals surface area (Å²) in [4.78, 5) is 4.18.